The lowest BCUT2D eigenvalue weighted by molar-refractivity contribution is 0.0455. The Morgan fingerprint density at radius 2 is 1.91 bits per heavy atom. The van der Waals surface area contributed by atoms with E-state index in [-0.39, 0.29) is 30.4 Å². The van der Waals surface area contributed by atoms with Crippen molar-refractivity contribution in [2.75, 3.05) is 6.61 Å². The van der Waals surface area contributed by atoms with Crippen molar-refractivity contribution in [2.45, 2.75) is 59.7 Å². The van der Waals surface area contributed by atoms with Crippen molar-refractivity contribution < 1.29 is 24.2 Å². The minimum Gasteiger partial charge on any atom is -0.501 e. The van der Waals surface area contributed by atoms with E-state index in [4.69, 9.17) is 9.47 Å². The minimum atomic E-state index is -0.885. The molecule has 9 heteroatoms. The molecule has 3 atom stereocenters. The number of hydrogen-bond donors (Lipinski definition) is 2. The largest absolute Gasteiger partial charge is 0.501 e. The summed E-state index contributed by atoms with van der Waals surface area (Å²) in [6, 6.07) is 8.59. The topological polar surface area (TPSA) is 120 Å². The number of esters is 1. The van der Waals surface area contributed by atoms with Crippen molar-refractivity contribution in [1.29, 1.82) is 0 Å². The number of nitrogens with zero attached hydrogens (tertiary/aromatic N) is 2. The van der Waals surface area contributed by atoms with Gasteiger partial charge in [-0.1, -0.05) is 51.1 Å². The van der Waals surface area contributed by atoms with Gasteiger partial charge in [-0.2, -0.15) is 0 Å². The summed E-state index contributed by atoms with van der Waals surface area (Å²) in [7, 11) is 0. The van der Waals surface area contributed by atoms with E-state index in [0.717, 1.165) is 18.4 Å². The maximum atomic E-state index is 13.2. The van der Waals surface area contributed by atoms with Crippen LogP contribution < -0.4 is 10.9 Å². The Kier molecular flexibility index (Phi) is 6.14. The van der Waals surface area contributed by atoms with Gasteiger partial charge in [-0.15, -0.1) is 0 Å². The van der Waals surface area contributed by atoms with Crippen LogP contribution in [0.4, 0.5) is 4.79 Å². The van der Waals surface area contributed by atoms with Gasteiger partial charge >= 0.3 is 12.1 Å². The van der Waals surface area contributed by atoms with Crippen LogP contribution in [-0.2, 0) is 22.6 Å². The number of alkyl carbamates (subject to hydrolysis) is 1. The Morgan fingerprint density at radius 3 is 2.59 bits per heavy atom. The molecule has 34 heavy (non-hydrogen) atoms. The molecular formula is C25H31N3O6. The van der Waals surface area contributed by atoms with E-state index >= 15 is 0 Å². The van der Waals surface area contributed by atoms with Crippen LogP contribution in [0.1, 0.15) is 68.5 Å². The molecule has 1 aliphatic carbocycles. The highest BCUT2D eigenvalue weighted by Crippen LogP contribution is 2.62. The summed E-state index contributed by atoms with van der Waals surface area (Å²) < 4.78 is 11.9. The fourth-order valence-corrected chi connectivity index (χ4v) is 5.37. The highest BCUT2D eigenvalue weighted by atomic mass is 16.5. The number of nitrogens with one attached hydrogen (secondary N) is 1. The highest BCUT2D eigenvalue weighted by Gasteiger charge is 2.59. The Hall–Kier alpha value is -3.36. The van der Waals surface area contributed by atoms with E-state index in [9.17, 15) is 19.5 Å². The van der Waals surface area contributed by atoms with Gasteiger partial charge in [0.25, 0.3) is 5.56 Å². The Labute approximate surface area is 198 Å². The number of amides is 1. The van der Waals surface area contributed by atoms with Gasteiger partial charge in [0, 0.05) is 12.0 Å². The molecule has 0 radical (unpaired) electrons. The molecule has 1 aromatic heterocycles. The number of hydrogen-bond acceptors (Lipinski definition) is 7. The molecule has 1 aliphatic heterocycles. The van der Waals surface area contributed by atoms with Crippen LogP contribution in [0.15, 0.2) is 35.1 Å². The standard InChI is InChI=1S/C25H31N3O6/c1-5-33-22(31)17-18(29)21(30)28-13-16-11-12-25(4,24(16,2)3)19(20(28)26-17)27-23(32)34-14-15-9-7-6-8-10-15/h6-10,16,19,29H,5,11-14H2,1-4H3,(H,27,32)/t16-,19?,25+/m1/s1. The molecule has 1 aromatic carbocycles. The average Bonchev–Trinajstić information content (AvgIpc) is 3.00. The zero-order chi connectivity index (χ0) is 24.7. The van der Waals surface area contributed by atoms with E-state index in [0.29, 0.717) is 6.54 Å². The van der Waals surface area contributed by atoms with Crippen LogP contribution in [0.2, 0.25) is 0 Å². The smallest absolute Gasteiger partial charge is 0.408 e. The number of ether oxygens (including phenoxy) is 2. The molecule has 182 valence electrons. The van der Waals surface area contributed by atoms with E-state index in [1.54, 1.807) is 6.92 Å². The summed E-state index contributed by atoms with van der Waals surface area (Å²) in [5, 5.41) is 13.4. The highest BCUT2D eigenvalue weighted by molar-refractivity contribution is 5.90. The molecule has 1 amide bonds. The van der Waals surface area contributed by atoms with Gasteiger partial charge in [-0.25, -0.2) is 14.6 Å². The molecule has 2 heterocycles. The van der Waals surface area contributed by atoms with Crippen LogP contribution in [0.3, 0.4) is 0 Å². The Balaban J connectivity index is 1.76. The van der Waals surface area contributed by atoms with Crippen molar-refractivity contribution in [3.05, 3.63) is 57.8 Å². The molecule has 2 bridgehead atoms. The van der Waals surface area contributed by atoms with Crippen LogP contribution in [0.25, 0.3) is 0 Å². The first-order chi connectivity index (χ1) is 16.1. The van der Waals surface area contributed by atoms with Crippen LogP contribution in [-0.4, -0.2) is 33.3 Å². The molecule has 0 saturated heterocycles. The monoisotopic (exact) mass is 469 g/mol. The molecule has 2 aliphatic rings. The lowest BCUT2D eigenvalue weighted by Gasteiger charge is -2.44. The summed E-state index contributed by atoms with van der Waals surface area (Å²) in [4.78, 5) is 42.9. The van der Waals surface area contributed by atoms with Crippen molar-refractivity contribution in [2.24, 2.45) is 16.7 Å². The number of benzene rings is 1. The van der Waals surface area contributed by atoms with Crippen LogP contribution >= 0.6 is 0 Å². The normalized spacial score (nSPS) is 24.6. The van der Waals surface area contributed by atoms with Gasteiger partial charge in [0.1, 0.15) is 12.4 Å². The SMILES string of the molecule is CCOC(=O)c1nc2n(c(=O)c1O)C[C@H]1CC[C@@](C)(C2NC(=O)OCc2ccccc2)C1(C)C. The van der Waals surface area contributed by atoms with Gasteiger partial charge in [0.15, 0.2) is 5.69 Å². The van der Waals surface area contributed by atoms with E-state index in [1.165, 1.54) is 4.57 Å². The van der Waals surface area contributed by atoms with Gasteiger partial charge in [-0.3, -0.25) is 9.36 Å². The van der Waals surface area contributed by atoms with E-state index in [2.05, 4.69) is 31.1 Å². The van der Waals surface area contributed by atoms with Gasteiger partial charge in [-0.05, 0) is 36.7 Å². The van der Waals surface area contributed by atoms with E-state index in [1.807, 2.05) is 30.3 Å². The van der Waals surface area contributed by atoms with Gasteiger partial charge in [0.05, 0.1) is 12.6 Å². The second-order valence-corrected chi connectivity index (χ2v) is 9.82. The van der Waals surface area contributed by atoms with Crippen molar-refractivity contribution in [3.63, 3.8) is 0 Å². The predicted molar refractivity (Wildman–Crippen MR) is 123 cm³/mol. The first-order valence-corrected chi connectivity index (χ1v) is 11.6. The molecule has 1 saturated carbocycles. The summed E-state index contributed by atoms with van der Waals surface area (Å²) in [6.45, 7) is 8.42. The summed E-state index contributed by atoms with van der Waals surface area (Å²) in [6.07, 6.45) is 0.995. The molecular weight excluding hydrogens is 438 g/mol. The third-order valence-electron chi connectivity index (χ3n) is 7.92. The molecule has 2 N–H and O–H groups in total. The summed E-state index contributed by atoms with van der Waals surface area (Å²) in [5.41, 5.74) is -1.07. The van der Waals surface area contributed by atoms with Crippen LogP contribution in [0, 0.1) is 16.7 Å². The third kappa shape index (κ3) is 3.82. The molecule has 0 spiro atoms. The fraction of sp³-hybridized carbons (Fsp3) is 0.520. The fourth-order valence-electron chi connectivity index (χ4n) is 5.37. The zero-order valence-electron chi connectivity index (χ0n) is 20.0. The van der Waals surface area contributed by atoms with E-state index < -0.39 is 40.5 Å². The van der Waals surface area contributed by atoms with Crippen molar-refractivity contribution in [1.82, 2.24) is 14.9 Å². The first kappa shape index (κ1) is 23.8. The Morgan fingerprint density at radius 1 is 1.21 bits per heavy atom. The number of fused-ring (bicyclic) bond motifs is 3. The summed E-state index contributed by atoms with van der Waals surface area (Å²) in [5.74, 6) is -1.28. The molecule has 1 unspecified atom stereocenters. The number of carbonyl (C=O) groups is 2. The molecule has 1 fully saturated rings. The van der Waals surface area contributed by atoms with Crippen LogP contribution in [0.5, 0.6) is 5.75 Å². The maximum Gasteiger partial charge on any atom is 0.408 e. The third-order valence-corrected chi connectivity index (χ3v) is 7.92. The molecule has 4 rings (SSSR count). The lowest BCUT2D eigenvalue weighted by atomic mass is 9.62. The number of rotatable bonds is 5. The quantitative estimate of drug-likeness (QED) is 0.643. The number of aromatic hydroxyl groups is 1. The predicted octanol–water partition coefficient (Wildman–Crippen LogP) is 3.55. The van der Waals surface area contributed by atoms with Gasteiger partial charge < -0.3 is 19.9 Å². The zero-order valence-corrected chi connectivity index (χ0v) is 20.0. The first-order valence-electron chi connectivity index (χ1n) is 11.6. The second-order valence-electron chi connectivity index (χ2n) is 9.82. The number of carbonyl (C=O) groups excluding carboxylic acids is 2. The molecule has 2 aromatic rings. The van der Waals surface area contributed by atoms with Gasteiger partial charge in [0.2, 0.25) is 5.75 Å². The number of aromatic nitrogens is 2. The van der Waals surface area contributed by atoms with Crippen molar-refractivity contribution in [3.8, 4) is 5.75 Å². The summed E-state index contributed by atoms with van der Waals surface area (Å²) >= 11 is 0. The van der Waals surface area contributed by atoms with Crippen molar-refractivity contribution >= 4 is 12.1 Å². The molecule has 9 nitrogen and oxygen atoms in total. The Bertz CT molecular complexity index is 1160. The average molecular weight is 470 g/mol. The second kappa shape index (κ2) is 8.77. The minimum absolute atomic E-state index is 0.0681. The lowest BCUT2D eigenvalue weighted by Crippen LogP contribution is -2.46. The maximum absolute atomic E-state index is 13.2.